The van der Waals surface area contributed by atoms with E-state index in [9.17, 15) is 4.79 Å². The molecule has 1 aliphatic rings. The fourth-order valence-corrected chi connectivity index (χ4v) is 1.66. The number of amidine groups is 1. The number of pyridine rings is 1. The van der Waals surface area contributed by atoms with Gasteiger partial charge in [0.15, 0.2) is 0 Å². The van der Waals surface area contributed by atoms with Gasteiger partial charge >= 0.3 is 0 Å². The number of hydrogen-bond acceptors (Lipinski definition) is 4. The van der Waals surface area contributed by atoms with Crippen LogP contribution in [-0.2, 0) is 4.79 Å². The number of aromatic nitrogens is 1. The molecule has 0 saturated heterocycles. The normalized spacial score (nSPS) is 14.7. The molecule has 15 heavy (non-hydrogen) atoms. The van der Waals surface area contributed by atoms with E-state index in [0.717, 1.165) is 10.8 Å². The standard InChI is InChI=1S/C10H8BrN3O/c11-7-3-9-8(13-4-7)1-6(5-15)2-10(12)14-9/h1,3-5H,2H2,(H2,12,14). The Morgan fingerprint density at radius 1 is 1.53 bits per heavy atom. The second-order valence-electron chi connectivity index (χ2n) is 3.17. The summed E-state index contributed by atoms with van der Waals surface area (Å²) in [5.41, 5.74) is 7.61. The minimum absolute atomic E-state index is 0.372. The Hall–Kier alpha value is -1.49. The minimum atomic E-state index is 0.372. The number of carbonyl (C=O) groups excluding carboxylic acids is 1. The second-order valence-corrected chi connectivity index (χ2v) is 4.09. The molecule has 2 heterocycles. The SMILES string of the molecule is NC1=Nc2cc(Br)cnc2C=C(C=O)C1. The molecule has 0 spiro atoms. The van der Waals surface area contributed by atoms with Crippen LogP contribution in [-0.4, -0.2) is 17.1 Å². The van der Waals surface area contributed by atoms with E-state index in [0.29, 0.717) is 29.2 Å². The van der Waals surface area contributed by atoms with E-state index < -0.39 is 0 Å². The van der Waals surface area contributed by atoms with Crippen molar-refractivity contribution >= 4 is 39.8 Å². The lowest BCUT2D eigenvalue weighted by molar-refractivity contribution is -0.104. The Morgan fingerprint density at radius 2 is 2.33 bits per heavy atom. The maximum absolute atomic E-state index is 10.7. The van der Waals surface area contributed by atoms with Gasteiger partial charge in [-0.2, -0.15) is 0 Å². The summed E-state index contributed by atoms with van der Waals surface area (Å²) in [5.74, 6) is 0.423. The molecule has 76 valence electrons. The first-order valence-corrected chi connectivity index (χ1v) is 5.12. The second kappa shape index (κ2) is 3.94. The summed E-state index contributed by atoms with van der Waals surface area (Å²) in [6, 6.07) is 1.82. The smallest absolute Gasteiger partial charge is 0.146 e. The van der Waals surface area contributed by atoms with Gasteiger partial charge in [0.25, 0.3) is 0 Å². The van der Waals surface area contributed by atoms with Crippen LogP contribution in [0.25, 0.3) is 6.08 Å². The van der Waals surface area contributed by atoms with Gasteiger partial charge in [-0.3, -0.25) is 9.78 Å². The lowest BCUT2D eigenvalue weighted by atomic mass is 10.1. The van der Waals surface area contributed by atoms with Crippen molar-refractivity contribution in [3.8, 4) is 0 Å². The van der Waals surface area contributed by atoms with Crippen molar-refractivity contribution in [2.24, 2.45) is 10.7 Å². The third-order valence-corrected chi connectivity index (χ3v) is 2.42. The minimum Gasteiger partial charge on any atom is -0.387 e. The lowest BCUT2D eigenvalue weighted by Crippen LogP contribution is -2.11. The summed E-state index contributed by atoms with van der Waals surface area (Å²) in [7, 11) is 0. The van der Waals surface area contributed by atoms with Crippen LogP contribution < -0.4 is 5.73 Å². The molecule has 5 heteroatoms. The van der Waals surface area contributed by atoms with E-state index in [1.165, 1.54) is 0 Å². The van der Waals surface area contributed by atoms with E-state index in [4.69, 9.17) is 5.73 Å². The van der Waals surface area contributed by atoms with E-state index in [-0.39, 0.29) is 0 Å². The number of fused-ring (bicyclic) bond motifs is 1. The predicted octanol–water partition coefficient (Wildman–Crippen LogP) is 1.82. The number of rotatable bonds is 1. The first-order valence-electron chi connectivity index (χ1n) is 4.33. The van der Waals surface area contributed by atoms with Crippen molar-refractivity contribution in [2.45, 2.75) is 6.42 Å². The third kappa shape index (κ3) is 2.12. The van der Waals surface area contributed by atoms with Crippen molar-refractivity contribution in [1.82, 2.24) is 4.98 Å². The molecule has 1 aromatic heterocycles. The Labute approximate surface area is 95.0 Å². The summed E-state index contributed by atoms with van der Waals surface area (Å²) in [6.45, 7) is 0. The Bertz CT molecular complexity index is 480. The third-order valence-electron chi connectivity index (χ3n) is 1.99. The van der Waals surface area contributed by atoms with Gasteiger partial charge in [-0.25, -0.2) is 4.99 Å². The number of aldehydes is 1. The Kier molecular flexibility index (Phi) is 2.64. The maximum Gasteiger partial charge on any atom is 0.146 e. The van der Waals surface area contributed by atoms with Crippen molar-refractivity contribution in [2.75, 3.05) is 0 Å². The monoisotopic (exact) mass is 265 g/mol. The molecule has 4 nitrogen and oxygen atoms in total. The fourth-order valence-electron chi connectivity index (χ4n) is 1.35. The summed E-state index contributed by atoms with van der Waals surface area (Å²) >= 11 is 3.31. The molecule has 0 fully saturated rings. The van der Waals surface area contributed by atoms with Gasteiger partial charge in [-0.15, -0.1) is 0 Å². The summed E-state index contributed by atoms with van der Waals surface area (Å²) in [6.07, 6.45) is 4.52. The van der Waals surface area contributed by atoms with Crippen LogP contribution >= 0.6 is 15.9 Å². The highest BCUT2D eigenvalue weighted by Gasteiger charge is 2.10. The molecule has 1 aromatic rings. The molecular weight excluding hydrogens is 258 g/mol. The summed E-state index contributed by atoms with van der Waals surface area (Å²) < 4.78 is 0.834. The molecule has 2 N–H and O–H groups in total. The number of hydrogen-bond donors (Lipinski definition) is 1. The van der Waals surface area contributed by atoms with Gasteiger partial charge in [-0.1, -0.05) is 0 Å². The van der Waals surface area contributed by atoms with Crippen molar-refractivity contribution < 1.29 is 4.79 Å². The van der Waals surface area contributed by atoms with Gasteiger partial charge in [0.05, 0.1) is 11.4 Å². The van der Waals surface area contributed by atoms with Crippen LogP contribution in [0.3, 0.4) is 0 Å². The molecule has 0 bridgehead atoms. The molecule has 0 amide bonds. The van der Waals surface area contributed by atoms with Gasteiger partial charge in [-0.05, 0) is 28.1 Å². The molecule has 0 saturated carbocycles. The highest BCUT2D eigenvalue weighted by molar-refractivity contribution is 9.10. The maximum atomic E-state index is 10.7. The summed E-state index contributed by atoms with van der Waals surface area (Å²) in [5, 5.41) is 0. The lowest BCUT2D eigenvalue weighted by Gasteiger charge is -1.99. The molecule has 1 aliphatic heterocycles. The van der Waals surface area contributed by atoms with Gasteiger partial charge in [0, 0.05) is 22.7 Å². The van der Waals surface area contributed by atoms with E-state index in [1.54, 1.807) is 12.3 Å². The molecule has 2 rings (SSSR count). The Balaban J connectivity index is 2.61. The molecule has 0 aliphatic carbocycles. The van der Waals surface area contributed by atoms with E-state index >= 15 is 0 Å². The fraction of sp³-hybridized carbons (Fsp3) is 0.100. The van der Waals surface area contributed by atoms with Crippen LogP contribution in [0.2, 0.25) is 0 Å². The Morgan fingerprint density at radius 3 is 3.07 bits per heavy atom. The van der Waals surface area contributed by atoms with Gasteiger partial charge < -0.3 is 5.73 Å². The average molecular weight is 266 g/mol. The zero-order valence-corrected chi connectivity index (χ0v) is 9.36. The first-order chi connectivity index (χ1) is 7.19. The number of nitrogens with zero attached hydrogens (tertiary/aromatic N) is 2. The number of nitrogens with two attached hydrogens (primary N) is 1. The van der Waals surface area contributed by atoms with Crippen molar-refractivity contribution in [3.05, 3.63) is 28.0 Å². The van der Waals surface area contributed by atoms with Crippen molar-refractivity contribution in [1.29, 1.82) is 0 Å². The van der Waals surface area contributed by atoms with Crippen LogP contribution in [0.15, 0.2) is 27.3 Å². The molecule has 0 unspecified atom stereocenters. The predicted molar refractivity (Wildman–Crippen MR) is 61.9 cm³/mol. The first kappa shape index (κ1) is 10.0. The van der Waals surface area contributed by atoms with Crippen LogP contribution in [0.5, 0.6) is 0 Å². The topological polar surface area (TPSA) is 68.3 Å². The van der Waals surface area contributed by atoms with Crippen LogP contribution in [0.4, 0.5) is 5.69 Å². The van der Waals surface area contributed by atoms with Crippen LogP contribution in [0, 0.1) is 0 Å². The molecule has 0 radical (unpaired) electrons. The average Bonchev–Trinajstić information content (AvgIpc) is 2.35. The number of aliphatic imine (C=N–C) groups is 1. The van der Waals surface area contributed by atoms with E-state index in [2.05, 4.69) is 25.9 Å². The van der Waals surface area contributed by atoms with Gasteiger partial charge in [0.2, 0.25) is 0 Å². The van der Waals surface area contributed by atoms with Crippen molar-refractivity contribution in [3.63, 3.8) is 0 Å². The van der Waals surface area contributed by atoms with Gasteiger partial charge in [0.1, 0.15) is 12.1 Å². The zero-order chi connectivity index (χ0) is 10.8. The molecular formula is C10H8BrN3O. The zero-order valence-electron chi connectivity index (χ0n) is 7.77. The number of carbonyl (C=O) groups is 1. The molecule has 0 aromatic carbocycles. The highest BCUT2D eigenvalue weighted by atomic mass is 79.9. The van der Waals surface area contributed by atoms with Crippen LogP contribution in [0.1, 0.15) is 12.1 Å². The number of halogens is 1. The molecule has 0 atom stereocenters. The summed E-state index contributed by atoms with van der Waals surface area (Å²) in [4.78, 5) is 19.1. The quantitative estimate of drug-likeness (QED) is 0.788. The van der Waals surface area contributed by atoms with E-state index in [1.807, 2.05) is 6.07 Å². The highest BCUT2D eigenvalue weighted by Crippen LogP contribution is 2.26. The largest absolute Gasteiger partial charge is 0.387 e.